The van der Waals surface area contributed by atoms with Crippen molar-refractivity contribution in [2.75, 3.05) is 13.1 Å². The molecular weight excluding hydrogens is 263 g/mol. The van der Waals surface area contributed by atoms with E-state index in [1.807, 2.05) is 6.07 Å². The number of ether oxygens (including phenoxy) is 1. The Morgan fingerprint density at radius 2 is 2.10 bits per heavy atom. The molecule has 0 saturated carbocycles. The molecule has 0 aliphatic carbocycles. The normalized spacial score (nSPS) is 12.3. The van der Waals surface area contributed by atoms with Gasteiger partial charge in [-0.05, 0) is 46.6 Å². The molecule has 7 heteroatoms. The highest BCUT2D eigenvalue weighted by molar-refractivity contribution is 5.73. The molecule has 0 aromatic heterocycles. The third-order valence-corrected chi connectivity index (χ3v) is 2.22. The summed E-state index contributed by atoms with van der Waals surface area (Å²) >= 11 is 0. The molecule has 20 heavy (non-hydrogen) atoms. The van der Waals surface area contributed by atoms with Crippen molar-refractivity contribution in [3.63, 3.8) is 0 Å². The van der Waals surface area contributed by atoms with E-state index < -0.39 is 23.7 Å². The van der Waals surface area contributed by atoms with Crippen molar-refractivity contribution < 1.29 is 13.9 Å². The SMILES string of the molecule is CC(C)(C)OC(=O)NC(C#N)CCCCNCC(=N)F. The molecule has 1 atom stereocenters. The van der Waals surface area contributed by atoms with Crippen LogP contribution in [0.15, 0.2) is 0 Å². The molecule has 0 aromatic carbocycles. The number of amides is 1. The molecule has 0 spiro atoms. The molecule has 1 amide bonds. The van der Waals surface area contributed by atoms with Gasteiger partial charge in [0, 0.05) is 0 Å². The minimum absolute atomic E-state index is 0.0716. The Morgan fingerprint density at radius 3 is 2.60 bits per heavy atom. The maximum atomic E-state index is 12.1. The smallest absolute Gasteiger partial charge is 0.408 e. The summed E-state index contributed by atoms with van der Waals surface area (Å²) in [6.45, 7) is 5.75. The summed E-state index contributed by atoms with van der Waals surface area (Å²) in [6, 6.07) is 1.41. The molecule has 0 bridgehead atoms. The molecule has 0 aromatic rings. The zero-order chi connectivity index (χ0) is 15.6. The predicted molar refractivity (Wildman–Crippen MR) is 74.3 cm³/mol. The van der Waals surface area contributed by atoms with Crippen molar-refractivity contribution in [3.05, 3.63) is 0 Å². The quantitative estimate of drug-likeness (QED) is 0.470. The van der Waals surface area contributed by atoms with Crippen molar-refractivity contribution >= 4 is 12.1 Å². The fourth-order valence-corrected chi connectivity index (χ4v) is 1.42. The number of hydrogen-bond acceptors (Lipinski definition) is 5. The van der Waals surface area contributed by atoms with E-state index in [4.69, 9.17) is 15.4 Å². The number of nitrogens with zero attached hydrogens (tertiary/aromatic N) is 1. The summed E-state index contributed by atoms with van der Waals surface area (Å²) in [5.74, 6) is -0.897. The van der Waals surface area contributed by atoms with Crippen molar-refractivity contribution in [3.8, 4) is 6.07 Å². The molecule has 0 saturated heterocycles. The van der Waals surface area contributed by atoms with Gasteiger partial charge in [-0.2, -0.15) is 9.65 Å². The second-order valence-electron chi connectivity index (χ2n) is 5.41. The molecular formula is C13H23FN4O2. The van der Waals surface area contributed by atoms with Gasteiger partial charge in [0.25, 0.3) is 0 Å². The van der Waals surface area contributed by atoms with Gasteiger partial charge in [0.15, 0.2) is 5.97 Å². The monoisotopic (exact) mass is 286 g/mol. The summed E-state index contributed by atoms with van der Waals surface area (Å²) in [7, 11) is 0. The Hall–Kier alpha value is -1.68. The van der Waals surface area contributed by atoms with E-state index >= 15 is 0 Å². The summed E-state index contributed by atoms with van der Waals surface area (Å²) in [6.07, 6.45) is 1.35. The Balaban J connectivity index is 3.80. The highest BCUT2D eigenvalue weighted by Gasteiger charge is 2.18. The molecule has 3 N–H and O–H groups in total. The van der Waals surface area contributed by atoms with Crippen LogP contribution in [0.1, 0.15) is 40.0 Å². The first-order valence-electron chi connectivity index (χ1n) is 6.57. The molecule has 1 unspecified atom stereocenters. The van der Waals surface area contributed by atoms with E-state index in [9.17, 15) is 9.18 Å². The number of nitriles is 1. The van der Waals surface area contributed by atoms with Gasteiger partial charge in [0.1, 0.15) is 11.6 Å². The third kappa shape index (κ3) is 11.4. The first-order valence-corrected chi connectivity index (χ1v) is 6.57. The van der Waals surface area contributed by atoms with Crippen LogP contribution < -0.4 is 10.6 Å². The summed E-state index contributed by atoms with van der Waals surface area (Å²) in [5.41, 5.74) is -0.592. The van der Waals surface area contributed by atoms with E-state index in [2.05, 4.69) is 10.6 Å². The van der Waals surface area contributed by atoms with Gasteiger partial charge in [0.2, 0.25) is 0 Å². The van der Waals surface area contributed by atoms with Crippen LogP contribution in [0.25, 0.3) is 0 Å². The molecule has 0 heterocycles. The number of unbranched alkanes of at least 4 members (excludes halogenated alkanes) is 1. The van der Waals surface area contributed by atoms with Gasteiger partial charge in [-0.1, -0.05) is 0 Å². The lowest BCUT2D eigenvalue weighted by Gasteiger charge is -2.21. The van der Waals surface area contributed by atoms with Crippen LogP contribution in [-0.4, -0.2) is 36.8 Å². The lowest BCUT2D eigenvalue weighted by Crippen LogP contribution is -2.38. The molecule has 6 nitrogen and oxygen atoms in total. The number of halogens is 1. The van der Waals surface area contributed by atoms with Crippen LogP contribution >= 0.6 is 0 Å². The van der Waals surface area contributed by atoms with E-state index in [1.54, 1.807) is 20.8 Å². The summed E-state index contributed by atoms with van der Waals surface area (Å²) < 4.78 is 17.2. The lowest BCUT2D eigenvalue weighted by atomic mass is 10.1. The highest BCUT2D eigenvalue weighted by Crippen LogP contribution is 2.07. The fraction of sp³-hybridized carbons (Fsp3) is 0.769. The van der Waals surface area contributed by atoms with Crippen LogP contribution in [-0.2, 0) is 4.74 Å². The first-order chi connectivity index (χ1) is 9.24. The number of hydrogen-bond donors (Lipinski definition) is 3. The second-order valence-corrected chi connectivity index (χ2v) is 5.41. The summed E-state index contributed by atoms with van der Waals surface area (Å²) in [5, 5.41) is 20.8. The van der Waals surface area contributed by atoms with Crippen LogP contribution in [0.3, 0.4) is 0 Å². The first kappa shape index (κ1) is 18.3. The van der Waals surface area contributed by atoms with Gasteiger partial charge < -0.3 is 15.4 Å². The standard InChI is InChI=1S/C13H23FN4O2/c1-13(2,3)20-12(19)18-10(8-15)6-4-5-7-17-9-11(14)16/h10,16-17H,4-7,9H2,1-3H3,(H,18,19). The van der Waals surface area contributed by atoms with Crippen molar-refractivity contribution in [1.82, 2.24) is 10.6 Å². The fourth-order valence-electron chi connectivity index (χ4n) is 1.42. The highest BCUT2D eigenvalue weighted by atomic mass is 19.1. The number of alkyl carbamates (subject to hydrolysis) is 1. The molecule has 0 radical (unpaired) electrons. The van der Waals surface area contributed by atoms with Crippen molar-refractivity contribution in [1.29, 1.82) is 10.7 Å². The number of nitrogens with one attached hydrogen (secondary N) is 3. The average molecular weight is 286 g/mol. The molecule has 0 rings (SSSR count). The maximum Gasteiger partial charge on any atom is 0.408 e. The Morgan fingerprint density at radius 1 is 1.45 bits per heavy atom. The van der Waals surface area contributed by atoms with Crippen LogP contribution in [0.2, 0.25) is 0 Å². The lowest BCUT2D eigenvalue weighted by molar-refractivity contribution is 0.0513. The van der Waals surface area contributed by atoms with Gasteiger partial charge >= 0.3 is 6.09 Å². The third-order valence-electron chi connectivity index (χ3n) is 2.22. The summed E-state index contributed by atoms with van der Waals surface area (Å²) in [4.78, 5) is 11.5. The van der Waals surface area contributed by atoms with Crippen molar-refractivity contribution in [2.24, 2.45) is 0 Å². The minimum Gasteiger partial charge on any atom is -0.444 e. The van der Waals surface area contributed by atoms with E-state index in [0.29, 0.717) is 19.4 Å². The predicted octanol–water partition coefficient (Wildman–Crippen LogP) is 2.11. The van der Waals surface area contributed by atoms with Gasteiger partial charge in [-0.3, -0.25) is 5.41 Å². The minimum atomic E-state index is -0.897. The Bertz CT molecular complexity index is 360. The topological polar surface area (TPSA) is 98.0 Å². The van der Waals surface area contributed by atoms with Crippen LogP contribution in [0, 0.1) is 16.7 Å². The number of carbonyl (C=O) groups excluding carboxylic acids is 1. The zero-order valence-corrected chi connectivity index (χ0v) is 12.3. The van der Waals surface area contributed by atoms with E-state index in [-0.39, 0.29) is 6.54 Å². The number of rotatable bonds is 8. The number of carbonyl (C=O) groups is 1. The molecule has 0 aliphatic heterocycles. The Kier molecular flexibility index (Phi) is 8.48. The molecule has 0 aliphatic rings. The van der Waals surface area contributed by atoms with Gasteiger partial charge in [0.05, 0.1) is 12.6 Å². The van der Waals surface area contributed by atoms with Crippen molar-refractivity contribution in [2.45, 2.75) is 51.7 Å². The van der Waals surface area contributed by atoms with Gasteiger partial charge in [-0.15, -0.1) is 0 Å². The van der Waals surface area contributed by atoms with Gasteiger partial charge in [-0.25, -0.2) is 4.79 Å². The zero-order valence-electron chi connectivity index (χ0n) is 12.3. The molecule has 114 valence electrons. The molecule has 0 fully saturated rings. The average Bonchev–Trinajstić information content (AvgIpc) is 2.29. The van der Waals surface area contributed by atoms with E-state index in [0.717, 1.165) is 6.42 Å². The van der Waals surface area contributed by atoms with Crippen LogP contribution in [0.4, 0.5) is 9.18 Å². The van der Waals surface area contributed by atoms with E-state index in [1.165, 1.54) is 0 Å². The second kappa shape index (κ2) is 9.26. The van der Waals surface area contributed by atoms with Crippen LogP contribution in [0.5, 0.6) is 0 Å². The largest absolute Gasteiger partial charge is 0.444 e. The maximum absolute atomic E-state index is 12.1. The Labute approximate surface area is 119 Å².